The number of sulfonamides is 1. The summed E-state index contributed by atoms with van der Waals surface area (Å²) in [6, 6.07) is 18.3. The summed E-state index contributed by atoms with van der Waals surface area (Å²) in [6.07, 6.45) is 1.20. The molecular weight excluding hydrogens is 549 g/mol. The maximum absolute atomic E-state index is 14.1. The van der Waals surface area contributed by atoms with Gasteiger partial charge in [-0.2, -0.15) is 0 Å². The fraction of sp³-hybridized carbons (Fsp3) is 0.333. The topological polar surface area (TPSA) is 105 Å². The molecule has 0 radical (unpaired) electrons. The number of halogens is 1. The van der Waals surface area contributed by atoms with E-state index >= 15 is 0 Å². The first-order valence-electron chi connectivity index (χ1n) is 13.3. The van der Waals surface area contributed by atoms with Gasteiger partial charge in [-0.1, -0.05) is 42.5 Å². The van der Waals surface area contributed by atoms with Crippen LogP contribution in [0, 0.1) is 5.82 Å². The molecule has 2 amide bonds. The molecule has 11 heteroatoms. The molecule has 1 atom stereocenters. The number of anilines is 1. The maximum Gasteiger partial charge on any atom is 0.244 e. The molecule has 0 spiro atoms. The second kappa shape index (κ2) is 13.0. The maximum atomic E-state index is 14.1. The number of benzene rings is 3. The molecule has 1 aliphatic heterocycles. The molecule has 41 heavy (non-hydrogen) atoms. The third-order valence-electron chi connectivity index (χ3n) is 6.46. The number of nitrogens with one attached hydrogen (secondary N) is 1. The molecule has 0 bridgehead atoms. The van der Waals surface area contributed by atoms with E-state index in [1.807, 2.05) is 44.2 Å². The Bertz CT molecular complexity index is 1470. The number of hydrogen-bond acceptors (Lipinski definition) is 6. The fourth-order valence-corrected chi connectivity index (χ4v) is 5.36. The highest BCUT2D eigenvalue weighted by Crippen LogP contribution is 2.34. The van der Waals surface area contributed by atoms with Crippen molar-refractivity contribution in [3.05, 3.63) is 89.7 Å². The zero-order valence-electron chi connectivity index (χ0n) is 23.2. The highest BCUT2D eigenvalue weighted by atomic mass is 32.2. The number of carbonyl (C=O) groups excluding carboxylic acids is 2. The van der Waals surface area contributed by atoms with Crippen LogP contribution in [-0.4, -0.2) is 63.2 Å². The first-order valence-corrected chi connectivity index (χ1v) is 15.1. The first kappa shape index (κ1) is 29.9. The van der Waals surface area contributed by atoms with Crippen LogP contribution in [0.1, 0.15) is 25.0 Å². The van der Waals surface area contributed by atoms with Gasteiger partial charge in [-0.3, -0.25) is 13.9 Å². The molecule has 1 heterocycles. The predicted molar refractivity (Wildman–Crippen MR) is 154 cm³/mol. The van der Waals surface area contributed by atoms with E-state index in [0.29, 0.717) is 30.3 Å². The van der Waals surface area contributed by atoms with Crippen molar-refractivity contribution in [1.82, 2.24) is 10.2 Å². The van der Waals surface area contributed by atoms with Gasteiger partial charge in [-0.05, 0) is 49.2 Å². The van der Waals surface area contributed by atoms with E-state index in [4.69, 9.17) is 9.47 Å². The average Bonchev–Trinajstić information content (AvgIpc) is 2.93. The Balaban J connectivity index is 1.72. The van der Waals surface area contributed by atoms with Crippen LogP contribution < -0.4 is 19.1 Å². The third kappa shape index (κ3) is 7.97. The molecule has 4 rings (SSSR count). The van der Waals surface area contributed by atoms with E-state index < -0.39 is 34.3 Å². The summed E-state index contributed by atoms with van der Waals surface area (Å²) in [7, 11) is -3.94. The van der Waals surface area contributed by atoms with E-state index in [-0.39, 0.29) is 30.6 Å². The number of amides is 2. The smallest absolute Gasteiger partial charge is 0.244 e. The summed E-state index contributed by atoms with van der Waals surface area (Å²) >= 11 is 0. The van der Waals surface area contributed by atoms with Crippen molar-refractivity contribution >= 4 is 27.5 Å². The largest absolute Gasteiger partial charge is 0.486 e. The Hall–Kier alpha value is -4.12. The van der Waals surface area contributed by atoms with Crippen molar-refractivity contribution in [2.24, 2.45) is 0 Å². The zero-order chi connectivity index (χ0) is 29.6. The summed E-state index contributed by atoms with van der Waals surface area (Å²) in [5.74, 6) is -0.576. The van der Waals surface area contributed by atoms with Crippen molar-refractivity contribution in [2.75, 3.05) is 30.3 Å². The summed E-state index contributed by atoms with van der Waals surface area (Å²) in [6.45, 7) is 3.71. The van der Waals surface area contributed by atoms with Crippen molar-refractivity contribution in [1.29, 1.82) is 0 Å². The van der Waals surface area contributed by atoms with Crippen LogP contribution in [0.3, 0.4) is 0 Å². The van der Waals surface area contributed by atoms with Gasteiger partial charge in [0.25, 0.3) is 0 Å². The minimum atomic E-state index is -3.94. The molecule has 9 nitrogen and oxygen atoms in total. The Labute approximate surface area is 239 Å². The lowest BCUT2D eigenvalue weighted by atomic mass is 10.0. The summed E-state index contributed by atoms with van der Waals surface area (Å²) < 4.78 is 51.7. The van der Waals surface area contributed by atoms with Gasteiger partial charge >= 0.3 is 0 Å². The van der Waals surface area contributed by atoms with Crippen LogP contribution in [0.4, 0.5) is 10.1 Å². The van der Waals surface area contributed by atoms with Crippen molar-refractivity contribution in [3.63, 3.8) is 0 Å². The summed E-state index contributed by atoms with van der Waals surface area (Å²) in [4.78, 5) is 29.0. The van der Waals surface area contributed by atoms with Gasteiger partial charge in [-0.25, -0.2) is 12.8 Å². The Morgan fingerprint density at radius 2 is 1.59 bits per heavy atom. The monoisotopic (exact) mass is 583 g/mol. The number of nitrogens with zero attached hydrogens (tertiary/aromatic N) is 2. The van der Waals surface area contributed by atoms with Gasteiger partial charge in [-0.15, -0.1) is 0 Å². The lowest BCUT2D eigenvalue weighted by molar-refractivity contribution is -0.140. The molecule has 0 fully saturated rings. The van der Waals surface area contributed by atoms with Gasteiger partial charge < -0.3 is 19.7 Å². The minimum absolute atomic E-state index is 0.0408. The normalized spacial score (nSPS) is 13.4. The highest BCUT2D eigenvalue weighted by molar-refractivity contribution is 7.92. The number of ether oxygens (including phenoxy) is 2. The summed E-state index contributed by atoms with van der Waals surface area (Å²) in [5, 5.41) is 2.89. The Morgan fingerprint density at radius 1 is 0.927 bits per heavy atom. The quantitative estimate of drug-likeness (QED) is 0.370. The Morgan fingerprint density at radius 3 is 2.22 bits per heavy atom. The second-order valence-corrected chi connectivity index (χ2v) is 12.0. The number of rotatable bonds is 11. The van der Waals surface area contributed by atoms with E-state index in [0.717, 1.165) is 16.1 Å². The second-order valence-electron chi connectivity index (χ2n) is 10.1. The standard InChI is InChI=1S/C30H34FN3O6S/c1-21(2)32-30(36)26(17-22-7-5-4-6-8-22)33(19-23-9-11-24(31)12-10-23)29(35)20-34(41(3,37)38)25-13-14-27-28(18-25)40-16-15-39-27/h4-14,18,21,26H,15-17,19-20H2,1-3H3,(H,32,36)/t26-/m0/s1. The van der Waals surface area contributed by atoms with Gasteiger partial charge in [0.05, 0.1) is 11.9 Å². The predicted octanol–water partition coefficient (Wildman–Crippen LogP) is 3.53. The molecule has 1 N–H and O–H groups in total. The molecular formula is C30H34FN3O6S. The molecule has 0 aromatic heterocycles. The molecule has 3 aromatic rings. The Kier molecular flexibility index (Phi) is 9.49. The zero-order valence-corrected chi connectivity index (χ0v) is 24.1. The van der Waals surface area contributed by atoms with E-state index in [9.17, 15) is 22.4 Å². The van der Waals surface area contributed by atoms with Crippen molar-refractivity contribution < 1.29 is 31.9 Å². The van der Waals surface area contributed by atoms with E-state index in [1.165, 1.54) is 35.2 Å². The molecule has 0 saturated heterocycles. The fourth-order valence-electron chi connectivity index (χ4n) is 4.52. The minimum Gasteiger partial charge on any atom is -0.486 e. The van der Waals surface area contributed by atoms with Gasteiger partial charge in [0.2, 0.25) is 21.8 Å². The lowest BCUT2D eigenvalue weighted by Crippen LogP contribution is -2.54. The molecule has 0 unspecified atom stereocenters. The molecule has 0 aliphatic carbocycles. The third-order valence-corrected chi connectivity index (χ3v) is 7.60. The molecule has 3 aromatic carbocycles. The lowest BCUT2D eigenvalue weighted by Gasteiger charge is -2.34. The molecule has 218 valence electrons. The SMILES string of the molecule is CC(C)NC(=O)[C@H](Cc1ccccc1)N(Cc1ccc(F)cc1)C(=O)CN(c1ccc2c(c1)OCCO2)S(C)(=O)=O. The van der Waals surface area contributed by atoms with Gasteiger partial charge in [0.1, 0.15) is 31.6 Å². The van der Waals surface area contributed by atoms with E-state index in [2.05, 4.69) is 5.32 Å². The first-order chi connectivity index (χ1) is 19.5. The molecule has 1 aliphatic rings. The van der Waals surface area contributed by atoms with Gasteiger partial charge in [0, 0.05) is 25.1 Å². The van der Waals surface area contributed by atoms with Crippen LogP contribution in [0.15, 0.2) is 72.8 Å². The average molecular weight is 584 g/mol. The van der Waals surface area contributed by atoms with E-state index in [1.54, 1.807) is 12.1 Å². The van der Waals surface area contributed by atoms with Crippen LogP contribution in [0.5, 0.6) is 11.5 Å². The van der Waals surface area contributed by atoms with Crippen molar-refractivity contribution in [2.45, 2.75) is 38.9 Å². The van der Waals surface area contributed by atoms with Gasteiger partial charge in [0.15, 0.2) is 11.5 Å². The van der Waals surface area contributed by atoms with Crippen molar-refractivity contribution in [3.8, 4) is 11.5 Å². The van der Waals surface area contributed by atoms with Crippen LogP contribution in [-0.2, 0) is 32.6 Å². The molecule has 0 saturated carbocycles. The van der Waals surface area contributed by atoms with Crippen LogP contribution >= 0.6 is 0 Å². The number of carbonyl (C=O) groups is 2. The van der Waals surface area contributed by atoms with Crippen LogP contribution in [0.2, 0.25) is 0 Å². The summed E-state index contributed by atoms with van der Waals surface area (Å²) in [5.41, 5.74) is 1.62. The number of hydrogen-bond donors (Lipinski definition) is 1. The number of fused-ring (bicyclic) bond motifs is 1. The highest BCUT2D eigenvalue weighted by Gasteiger charge is 2.33. The van der Waals surface area contributed by atoms with Crippen LogP contribution in [0.25, 0.3) is 0 Å².